The van der Waals surface area contributed by atoms with E-state index in [4.69, 9.17) is 5.73 Å². The topological polar surface area (TPSA) is 71.2 Å². The van der Waals surface area contributed by atoms with Crippen molar-refractivity contribution in [2.45, 2.75) is 0 Å². The van der Waals surface area contributed by atoms with Gasteiger partial charge in [-0.2, -0.15) is 0 Å². The molecule has 1 aliphatic heterocycles. The van der Waals surface area contributed by atoms with Gasteiger partial charge in [0.15, 0.2) is 5.13 Å². The zero-order chi connectivity index (χ0) is 9.97. The molecular formula is C8H12N4OS. The smallest absolute Gasteiger partial charge is 0.273 e. The maximum Gasteiger partial charge on any atom is 0.273 e. The molecule has 0 saturated carbocycles. The SMILES string of the molecule is Nc1nc(C(=O)N2CCNCC2)cs1. The maximum atomic E-state index is 11.8. The van der Waals surface area contributed by atoms with Gasteiger partial charge in [0.2, 0.25) is 0 Å². The molecule has 3 N–H and O–H groups in total. The Balaban J connectivity index is 2.07. The molecule has 1 aromatic rings. The number of carbonyl (C=O) groups is 1. The Morgan fingerprint density at radius 2 is 2.29 bits per heavy atom. The molecule has 0 radical (unpaired) electrons. The van der Waals surface area contributed by atoms with E-state index in [-0.39, 0.29) is 5.91 Å². The van der Waals surface area contributed by atoms with Gasteiger partial charge in [-0.15, -0.1) is 11.3 Å². The zero-order valence-corrected chi connectivity index (χ0v) is 8.51. The predicted molar refractivity (Wildman–Crippen MR) is 55.3 cm³/mol. The summed E-state index contributed by atoms with van der Waals surface area (Å²) < 4.78 is 0. The van der Waals surface area contributed by atoms with Gasteiger partial charge in [-0.25, -0.2) is 4.98 Å². The molecule has 6 heteroatoms. The van der Waals surface area contributed by atoms with Crippen LogP contribution in [0.15, 0.2) is 5.38 Å². The van der Waals surface area contributed by atoms with E-state index in [0.29, 0.717) is 10.8 Å². The van der Waals surface area contributed by atoms with E-state index >= 15 is 0 Å². The highest BCUT2D eigenvalue weighted by Gasteiger charge is 2.19. The molecule has 1 aliphatic rings. The number of amides is 1. The molecule has 0 unspecified atom stereocenters. The second-order valence-electron chi connectivity index (χ2n) is 3.11. The summed E-state index contributed by atoms with van der Waals surface area (Å²) in [5.74, 6) is -0.0144. The Kier molecular flexibility index (Phi) is 2.64. The number of piperazine rings is 1. The normalized spacial score (nSPS) is 17.0. The highest BCUT2D eigenvalue weighted by Crippen LogP contribution is 2.13. The first-order valence-corrected chi connectivity index (χ1v) is 5.36. The number of nitrogens with one attached hydrogen (secondary N) is 1. The van der Waals surface area contributed by atoms with Crippen molar-refractivity contribution in [2.24, 2.45) is 0 Å². The fourth-order valence-corrected chi connectivity index (χ4v) is 1.95. The third-order valence-electron chi connectivity index (χ3n) is 2.15. The van der Waals surface area contributed by atoms with Crippen molar-refractivity contribution in [3.63, 3.8) is 0 Å². The number of thiazole rings is 1. The number of carbonyl (C=O) groups excluding carboxylic acids is 1. The minimum absolute atomic E-state index is 0.0144. The number of anilines is 1. The lowest BCUT2D eigenvalue weighted by atomic mass is 10.3. The van der Waals surface area contributed by atoms with Gasteiger partial charge in [-0.3, -0.25) is 4.79 Å². The third-order valence-corrected chi connectivity index (χ3v) is 2.82. The van der Waals surface area contributed by atoms with Crippen LogP contribution in [0.1, 0.15) is 10.5 Å². The van der Waals surface area contributed by atoms with E-state index in [9.17, 15) is 4.79 Å². The van der Waals surface area contributed by atoms with Crippen molar-refractivity contribution in [3.05, 3.63) is 11.1 Å². The van der Waals surface area contributed by atoms with E-state index in [0.717, 1.165) is 26.2 Å². The van der Waals surface area contributed by atoms with Crippen LogP contribution in [-0.4, -0.2) is 42.0 Å². The number of aromatic nitrogens is 1. The lowest BCUT2D eigenvalue weighted by molar-refractivity contribution is 0.0731. The van der Waals surface area contributed by atoms with Crippen LogP contribution < -0.4 is 11.1 Å². The van der Waals surface area contributed by atoms with Crippen LogP contribution in [0.3, 0.4) is 0 Å². The molecule has 5 nitrogen and oxygen atoms in total. The fourth-order valence-electron chi connectivity index (χ4n) is 1.42. The van der Waals surface area contributed by atoms with Gasteiger partial charge in [0, 0.05) is 31.6 Å². The van der Waals surface area contributed by atoms with Crippen LogP contribution in [-0.2, 0) is 0 Å². The molecule has 76 valence electrons. The van der Waals surface area contributed by atoms with Crippen LogP contribution in [0.4, 0.5) is 5.13 Å². The number of hydrogen-bond acceptors (Lipinski definition) is 5. The van der Waals surface area contributed by atoms with Crippen LogP contribution >= 0.6 is 11.3 Å². The van der Waals surface area contributed by atoms with Gasteiger partial charge in [-0.05, 0) is 0 Å². The molecule has 0 aromatic carbocycles. The van der Waals surface area contributed by atoms with Crippen molar-refractivity contribution in [1.29, 1.82) is 0 Å². The van der Waals surface area contributed by atoms with Crippen molar-refractivity contribution in [1.82, 2.24) is 15.2 Å². The summed E-state index contributed by atoms with van der Waals surface area (Å²) in [6.45, 7) is 3.20. The monoisotopic (exact) mass is 212 g/mol. The Bertz CT molecular complexity index is 332. The number of rotatable bonds is 1. The van der Waals surface area contributed by atoms with Crippen molar-refractivity contribution in [2.75, 3.05) is 31.9 Å². The van der Waals surface area contributed by atoms with Gasteiger partial charge in [0.1, 0.15) is 5.69 Å². The standard InChI is InChI=1S/C8H12N4OS/c9-8-11-6(5-14-8)7(13)12-3-1-10-2-4-12/h5,10H,1-4H2,(H2,9,11). The largest absolute Gasteiger partial charge is 0.375 e. The van der Waals surface area contributed by atoms with Crippen molar-refractivity contribution >= 4 is 22.4 Å². The van der Waals surface area contributed by atoms with E-state index in [1.807, 2.05) is 0 Å². The predicted octanol–water partition coefficient (Wildman–Crippen LogP) is -0.229. The molecule has 0 spiro atoms. The molecule has 0 aliphatic carbocycles. The average Bonchev–Trinajstić information content (AvgIpc) is 2.65. The maximum absolute atomic E-state index is 11.8. The highest BCUT2D eigenvalue weighted by molar-refractivity contribution is 7.13. The zero-order valence-electron chi connectivity index (χ0n) is 7.69. The highest BCUT2D eigenvalue weighted by atomic mass is 32.1. The van der Waals surface area contributed by atoms with Crippen LogP contribution in [0, 0.1) is 0 Å². The van der Waals surface area contributed by atoms with Crippen LogP contribution in [0.25, 0.3) is 0 Å². The van der Waals surface area contributed by atoms with Gasteiger partial charge in [0.25, 0.3) is 5.91 Å². The number of nitrogen functional groups attached to an aromatic ring is 1. The first kappa shape index (κ1) is 9.42. The lowest BCUT2D eigenvalue weighted by Crippen LogP contribution is -2.46. The number of nitrogens with zero attached hydrogens (tertiary/aromatic N) is 2. The van der Waals surface area contributed by atoms with Gasteiger partial charge >= 0.3 is 0 Å². The van der Waals surface area contributed by atoms with E-state index in [1.54, 1.807) is 10.3 Å². The number of nitrogens with two attached hydrogens (primary N) is 1. The van der Waals surface area contributed by atoms with Crippen molar-refractivity contribution < 1.29 is 4.79 Å². The minimum atomic E-state index is -0.0144. The Labute approximate surface area is 85.9 Å². The molecule has 1 amide bonds. The summed E-state index contributed by atoms with van der Waals surface area (Å²) in [6, 6.07) is 0. The molecule has 1 aromatic heterocycles. The van der Waals surface area contributed by atoms with E-state index in [2.05, 4.69) is 10.3 Å². The summed E-state index contributed by atoms with van der Waals surface area (Å²) in [6.07, 6.45) is 0. The number of hydrogen-bond donors (Lipinski definition) is 2. The molecule has 1 saturated heterocycles. The van der Waals surface area contributed by atoms with Gasteiger partial charge < -0.3 is 16.0 Å². The van der Waals surface area contributed by atoms with Crippen molar-refractivity contribution in [3.8, 4) is 0 Å². The summed E-state index contributed by atoms with van der Waals surface area (Å²) in [5.41, 5.74) is 5.94. The van der Waals surface area contributed by atoms with Gasteiger partial charge in [-0.1, -0.05) is 0 Å². The minimum Gasteiger partial charge on any atom is -0.375 e. The Hall–Kier alpha value is -1.14. The molecule has 0 atom stereocenters. The first-order valence-electron chi connectivity index (χ1n) is 4.48. The summed E-state index contributed by atoms with van der Waals surface area (Å²) in [4.78, 5) is 17.6. The summed E-state index contributed by atoms with van der Waals surface area (Å²) in [5, 5.41) is 5.35. The lowest BCUT2D eigenvalue weighted by Gasteiger charge is -2.26. The van der Waals surface area contributed by atoms with Crippen LogP contribution in [0.2, 0.25) is 0 Å². The summed E-state index contributed by atoms with van der Waals surface area (Å²) in [7, 11) is 0. The molecule has 2 heterocycles. The van der Waals surface area contributed by atoms with E-state index in [1.165, 1.54) is 11.3 Å². The fraction of sp³-hybridized carbons (Fsp3) is 0.500. The molecule has 2 rings (SSSR count). The second kappa shape index (κ2) is 3.93. The van der Waals surface area contributed by atoms with Gasteiger partial charge in [0.05, 0.1) is 0 Å². The molecule has 14 heavy (non-hydrogen) atoms. The van der Waals surface area contributed by atoms with Crippen LogP contribution in [0.5, 0.6) is 0 Å². The third kappa shape index (κ3) is 1.85. The second-order valence-corrected chi connectivity index (χ2v) is 4.00. The molecule has 0 bridgehead atoms. The average molecular weight is 212 g/mol. The molecule has 1 fully saturated rings. The Morgan fingerprint density at radius 1 is 1.57 bits per heavy atom. The Morgan fingerprint density at radius 3 is 2.86 bits per heavy atom. The van der Waals surface area contributed by atoms with E-state index < -0.39 is 0 Å². The first-order chi connectivity index (χ1) is 6.77. The molecular weight excluding hydrogens is 200 g/mol. The summed E-state index contributed by atoms with van der Waals surface area (Å²) >= 11 is 1.30. The quantitative estimate of drug-likeness (QED) is 0.674.